The van der Waals surface area contributed by atoms with Crippen LogP contribution in [0.4, 0.5) is 0 Å². The Kier molecular flexibility index (Phi) is 5.32. The van der Waals surface area contributed by atoms with Gasteiger partial charge < -0.3 is 0 Å². The number of nitrogens with zero attached hydrogens (tertiary/aromatic N) is 1. The lowest BCUT2D eigenvalue weighted by molar-refractivity contribution is -0.686. The Hall–Kier alpha value is -2.02. The van der Waals surface area contributed by atoms with Gasteiger partial charge in [-0.3, -0.25) is 4.55 Å². The van der Waals surface area contributed by atoms with Gasteiger partial charge in [0, 0.05) is 18.9 Å². The minimum absolute atomic E-state index is 0.232. The van der Waals surface area contributed by atoms with Crippen molar-refractivity contribution in [3.8, 4) is 21.7 Å². The predicted octanol–water partition coefficient (Wildman–Crippen LogP) is 3.96. The summed E-state index contributed by atoms with van der Waals surface area (Å²) < 4.78 is 33.2. The van der Waals surface area contributed by atoms with E-state index in [0.29, 0.717) is 13.0 Å². The van der Waals surface area contributed by atoms with Crippen molar-refractivity contribution in [2.75, 3.05) is 5.75 Å². The fourth-order valence-corrected chi connectivity index (χ4v) is 4.53. The van der Waals surface area contributed by atoms with Gasteiger partial charge in [0.15, 0.2) is 6.54 Å². The highest BCUT2D eigenvalue weighted by molar-refractivity contribution is 7.85. The molecule has 0 unspecified atom stereocenters. The summed E-state index contributed by atoms with van der Waals surface area (Å²) >= 11 is 1.70. The summed E-state index contributed by atoms with van der Waals surface area (Å²) in [6, 6.07) is 20.3. The van der Waals surface area contributed by atoms with Crippen LogP contribution in [-0.2, 0) is 16.7 Å². The molecular formula is C19H20NO3S2+. The standard InChI is InChI=1S/C19H19NO3S2/c1-15-20(13-8-14-25(21,22)23)18(16-9-4-2-5-10-16)19(24-15)17-11-6-3-7-12-17/h2-7,9-12H,8,13-14H2,1H3/p+1. The fraction of sp³-hybridized carbons (Fsp3) is 0.211. The van der Waals surface area contributed by atoms with E-state index in [4.69, 9.17) is 4.55 Å². The molecule has 1 aromatic heterocycles. The molecule has 2 aromatic carbocycles. The number of aromatic nitrogens is 1. The van der Waals surface area contributed by atoms with Crippen LogP contribution in [0.25, 0.3) is 21.7 Å². The number of hydrogen-bond donors (Lipinski definition) is 1. The molecule has 0 aliphatic carbocycles. The van der Waals surface area contributed by atoms with Crippen LogP contribution in [0.1, 0.15) is 11.4 Å². The first-order valence-electron chi connectivity index (χ1n) is 8.05. The van der Waals surface area contributed by atoms with Crippen molar-refractivity contribution in [1.82, 2.24) is 0 Å². The van der Waals surface area contributed by atoms with Crippen molar-refractivity contribution in [1.29, 1.82) is 0 Å². The Morgan fingerprint density at radius 2 is 1.52 bits per heavy atom. The molecule has 25 heavy (non-hydrogen) atoms. The molecule has 1 heterocycles. The summed E-state index contributed by atoms with van der Waals surface area (Å²) in [6.07, 6.45) is 0.370. The highest BCUT2D eigenvalue weighted by atomic mass is 32.2. The Morgan fingerprint density at radius 3 is 2.08 bits per heavy atom. The number of aryl methyl sites for hydroxylation is 1. The quantitative estimate of drug-likeness (QED) is 0.525. The zero-order chi connectivity index (χ0) is 17.9. The SMILES string of the molecule is Cc1sc(-c2ccccc2)c(-c2ccccc2)[n+]1CCCS(=O)(=O)O. The van der Waals surface area contributed by atoms with Crippen molar-refractivity contribution >= 4 is 21.5 Å². The first-order valence-corrected chi connectivity index (χ1v) is 10.5. The average Bonchev–Trinajstić information content (AvgIpc) is 2.92. The molecule has 1 N–H and O–H groups in total. The highest BCUT2D eigenvalue weighted by Gasteiger charge is 2.26. The highest BCUT2D eigenvalue weighted by Crippen LogP contribution is 2.35. The van der Waals surface area contributed by atoms with Crippen molar-refractivity contribution in [2.45, 2.75) is 19.9 Å². The smallest absolute Gasteiger partial charge is 0.265 e. The molecule has 0 atom stereocenters. The molecule has 0 aliphatic heterocycles. The molecule has 3 aromatic rings. The van der Waals surface area contributed by atoms with E-state index in [1.54, 1.807) is 11.3 Å². The second-order valence-corrected chi connectivity index (χ2v) is 8.60. The maximum atomic E-state index is 11.0. The van der Waals surface area contributed by atoms with Gasteiger partial charge in [0.2, 0.25) is 10.7 Å². The van der Waals surface area contributed by atoms with Crippen LogP contribution in [0.3, 0.4) is 0 Å². The Balaban J connectivity index is 2.07. The number of rotatable bonds is 6. The number of benzene rings is 2. The topological polar surface area (TPSA) is 58.2 Å². The third-order valence-electron chi connectivity index (χ3n) is 3.98. The second-order valence-electron chi connectivity index (χ2n) is 5.82. The van der Waals surface area contributed by atoms with E-state index in [2.05, 4.69) is 28.8 Å². The molecule has 0 saturated carbocycles. The molecule has 0 bridgehead atoms. The van der Waals surface area contributed by atoms with E-state index in [1.807, 2.05) is 43.3 Å². The number of thiazole rings is 1. The van der Waals surface area contributed by atoms with Gasteiger partial charge in [0.05, 0.1) is 5.75 Å². The van der Waals surface area contributed by atoms with Gasteiger partial charge in [-0.15, -0.1) is 0 Å². The molecular weight excluding hydrogens is 354 g/mol. The van der Waals surface area contributed by atoms with Gasteiger partial charge in [0.25, 0.3) is 10.1 Å². The van der Waals surface area contributed by atoms with Gasteiger partial charge in [-0.2, -0.15) is 13.0 Å². The first kappa shape index (κ1) is 17.8. The van der Waals surface area contributed by atoms with Crippen molar-refractivity contribution < 1.29 is 17.5 Å². The molecule has 3 rings (SSSR count). The van der Waals surface area contributed by atoms with Gasteiger partial charge in [-0.05, 0) is 17.7 Å². The van der Waals surface area contributed by atoms with Gasteiger partial charge in [0.1, 0.15) is 4.88 Å². The number of hydrogen-bond acceptors (Lipinski definition) is 3. The zero-order valence-corrected chi connectivity index (χ0v) is 15.6. The van der Waals surface area contributed by atoms with Crippen LogP contribution in [-0.4, -0.2) is 18.7 Å². The average molecular weight is 375 g/mol. The van der Waals surface area contributed by atoms with E-state index < -0.39 is 10.1 Å². The monoisotopic (exact) mass is 374 g/mol. The van der Waals surface area contributed by atoms with Crippen LogP contribution < -0.4 is 4.57 Å². The third kappa shape index (κ3) is 4.34. The molecule has 0 amide bonds. The molecule has 4 nitrogen and oxygen atoms in total. The summed E-state index contributed by atoms with van der Waals surface area (Å²) in [7, 11) is -3.94. The molecule has 0 fully saturated rings. The summed E-state index contributed by atoms with van der Waals surface area (Å²) in [5.41, 5.74) is 3.32. The predicted molar refractivity (Wildman–Crippen MR) is 101 cm³/mol. The summed E-state index contributed by atoms with van der Waals surface area (Å²) in [5, 5.41) is 1.10. The summed E-state index contributed by atoms with van der Waals surface area (Å²) in [6.45, 7) is 2.58. The molecule has 0 radical (unpaired) electrons. The lowest BCUT2D eigenvalue weighted by Gasteiger charge is -2.03. The van der Waals surface area contributed by atoms with Crippen molar-refractivity contribution in [2.24, 2.45) is 0 Å². The largest absolute Gasteiger partial charge is 0.286 e. The Labute approximate surface area is 152 Å². The minimum Gasteiger partial charge on any atom is -0.286 e. The zero-order valence-electron chi connectivity index (χ0n) is 13.9. The maximum absolute atomic E-state index is 11.0. The minimum atomic E-state index is -3.94. The van der Waals surface area contributed by atoms with Gasteiger partial charge in [-0.1, -0.05) is 59.9 Å². The Morgan fingerprint density at radius 1 is 0.960 bits per heavy atom. The Bertz CT molecular complexity index is 949. The van der Waals surface area contributed by atoms with E-state index in [-0.39, 0.29) is 5.75 Å². The third-order valence-corrected chi connectivity index (χ3v) is 5.94. The lowest BCUT2D eigenvalue weighted by atomic mass is 10.1. The van der Waals surface area contributed by atoms with Crippen LogP contribution in [0.2, 0.25) is 0 Å². The van der Waals surface area contributed by atoms with Crippen LogP contribution in [0, 0.1) is 6.92 Å². The van der Waals surface area contributed by atoms with Gasteiger partial charge in [-0.25, -0.2) is 0 Å². The lowest BCUT2D eigenvalue weighted by Crippen LogP contribution is -2.37. The van der Waals surface area contributed by atoms with Crippen LogP contribution >= 0.6 is 11.3 Å². The molecule has 130 valence electrons. The molecule has 0 aliphatic rings. The van der Waals surface area contributed by atoms with E-state index >= 15 is 0 Å². The molecule has 0 saturated heterocycles. The second kappa shape index (κ2) is 7.47. The summed E-state index contributed by atoms with van der Waals surface area (Å²) in [4.78, 5) is 1.16. The van der Waals surface area contributed by atoms with Crippen LogP contribution in [0.5, 0.6) is 0 Å². The van der Waals surface area contributed by atoms with Crippen molar-refractivity contribution in [3.05, 3.63) is 65.7 Å². The maximum Gasteiger partial charge on any atom is 0.265 e. The van der Waals surface area contributed by atoms with E-state index in [9.17, 15) is 8.42 Å². The van der Waals surface area contributed by atoms with E-state index in [0.717, 1.165) is 26.7 Å². The first-order chi connectivity index (χ1) is 12.0. The normalized spacial score (nSPS) is 11.6. The van der Waals surface area contributed by atoms with E-state index in [1.165, 1.54) is 0 Å². The fourth-order valence-electron chi connectivity index (χ4n) is 2.87. The summed E-state index contributed by atoms with van der Waals surface area (Å²) in [5.74, 6) is -0.232. The molecule has 6 heteroatoms. The molecule has 0 spiro atoms. The van der Waals surface area contributed by atoms with Gasteiger partial charge >= 0.3 is 0 Å². The van der Waals surface area contributed by atoms with Crippen LogP contribution in [0.15, 0.2) is 60.7 Å². The van der Waals surface area contributed by atoms with Crippen molar-refractivity contribution in [3.63, 3.8) is 0 Å².